The molecule has 0 fully saturated rings. The zero-order valence-electron chi connectivity index (χ0n) is 7.37. The van der Waals surface area contributed by atoms with Crippen molar-refractivity contribution in [3.63, 3.8) is 0 Å². The van der Waals surface area contributed by atoms with Crippen molar-refractivity contribution >= 4 is 0 Å². The van der Waals surface area contributed by atoms with Gasteiger partial charge in [0.1, 0.15) is 6.54 Å². The third-order valence-electron chi connectivity index (χ3n) is 1.53. The number of alkyl halides is 2. The molecule has 0 spiro atoms. The van der Waals surface area contributed by atoms with Crippen molar-refractivity contribution in [3.8, 4) is 0 Å². The van der Waals surface area contributed by atoms with E-state index in [0.717, 1.165) is 6.92 Å². The van der Waals surface area contributed by atoms with Crippen LogP contribution < -0.4 is 5.73 Å². The molecule has 0 atom stereocenters. The van der Waals surface area contributed by atoms with Crippen LogP contribution in [0.25, 0.3) is 0 Å². The van der Waals surface area contributed by atoms with E-state index in [2.05, 4.69) is 10.3 Å². The second-order valence-corrected chi connectivity index (χ2v) is 2.99. The molecule has 1 rings (SSSR count). The lowest BCUT2D eigenvalue weighted by Crippen LogP contribution is -2.22. The average Bonchev–Trinajstić information content (AvgIpc) is 2.34. The summed E-state index contributed by atoms with van der Waals surface area (Å²) in [6, 6.07) is 0. The minimum Gasteiger partial charge on any atom is -0.330 e. The lowest BCUT2D eigenvalue weighted by molar-refractivity contribution is -0.000670. The van der Waals surface area contributed by atoms with Gasteiger partial charge in [0.2, 0.25) is 0 Å². The van der Waals surface area contributed by atoms with Gasteiger partial charge in [-0.25, -0.2) is 13.5 Å². The number of nitrogens with zero attached hydrogens (tertiary/aromatic N) is 3. The van der Waals surface area contributed by atoms with Crippen molar-refractivity contribution in [2.45, 2.75) is 25.8 Å². The van der Waals surface area contributed by atoms with Crippen LogP contribution in [0.3, 0.4) is 0 Å². The molecule has 13 heavy (non-hydrogen) atoms. The molecule has 0 saturated carbocycles. The third-order valence-corrected chi connectivity index (χ3v) is 1.53. The van der Waals surface area contributed by atoms with Gasteiger partial charge in [-0.3, -0.25) is 0 Å². The topological polar surface area (TPSA) is 56.7 Å². The molecule has 1 aromatic rings. The quantitative estimate of drug-likeness (QED) is 0.749. The minimum atomic E-state index is -2.77. The van der Waals surface area contributed by atoms with Crippen molar-refractivity contribution in [2.75, 3.05) is 6.54 Å². The van der Waals surface area contributed by atoms with E-state index in [4.69, 9.17) is 5.73 Å². The summed E-state index contributed by atoms with van der Waals surface area (Å²) < 4.78 is 26.4. The van der Waals surface area contributed by atoms with Gasteiger partial charge in [-0.05, 0) is 6.54 Å². The molecule has 0 aliphatic carbocycles. The lowest BCUT2D eigenvalue weighted by Gasteiger charge is -2.11. The zero-order valence-corrected chi connectivity index (χ0v) is 7.37. The summed E-state index contributed by atoms with van der Waals surface area (Å²) in [7, 11) is 0. The van der Waals surface area contributed by atoms with E-state index >= 15 is 0 Å². The molecular formula is C7H12F2N4. The highest BCUT2D eigenvalue weighted by Crippen LogP contribution is 2.14. The number of hydrogen-bond acceptors (Lipinski definition) is 3. The van der Waals surface area contributed by atoms with E-state index in [1.54, 1.807) is 0 Å². The van der Waals surface area contributed by atoms with E-state index in [9.17, 15) is 8.78 Å². The van der Waals surface area contributed by atoms with E-state index < -0.39 is 12.5 Å². The fraction of sp³-hybridized carbons (Fsp3) is 0.714. The Hall–Kier alpha value is -1.04. The first kappa shape index (κ1) is 10.0. The van der Waals surface area contributed by atoms with Gasteiger partial charge in [0.15, 0.2) is 0 Å². The molecule has 0 amide bonds. The standard InChI is InChI=1S/C7H12F2N4/c1-7(8,9)5-13-6(2-3-10)4-11-12-13/h4H,2-3,5,10H2,1H3. The summed E-state index contributed by atoms with van der Waals surface area (Å²) in [5.41, 5.74) is 5.94. The van der Waals surface area contributed by atoms with Gasteiger partial charge in [-0.2, -0.15) is 0 Å². The first-order valence-corrected chi connectivity index (χ1v) is 3.98. The van der Waals surface area contributed by atoms with Crippen LogP contribution in [0.1, 0.15) is 12.6 Å². The Morgan fingerprint density at radius 2 is 2.31 bits per heavy atom. The Kier molecular flexibility index (Phi) is 2.92. The van der Waals surface area contributed by atoms with Gasteiger partial charge in [0, 0.05) is 13.3 Å². The normalized spacial score (nSPS) is 12.0. The number of halogens is 2. The van der Waals surface area contributed by atoms with Gasteiger partial charge in [0.05, 0.1) is 11.9 Å². The van der Waals surface area contributed by atoms with Gasteiger partial charge in [-0.1, -0.05) is 5.21 Å². The zero-order chi connectivity index (χ0) is 9.90. The van der Waals surface area contributed by atoms with Crippen molar-refractivity contribution < 1.29 is 8.78 Å². The molecular weight excluding hydrogens is 178 g/mol. The molecule has 4 nitrogen and oxygen atoms in total. The van der Waals surface area contributed by atoms with Gasteiger partial charge >= 0.3 is 0 Å². The maximum atomic E-state index is 12.6. The summed E-state index contributed by atoms with van der Waals surface area (Å²) >= 11 is 0. The van der Waals surface area contributed by atoms with Crippen LogP contribution in [0.15, 0.2) is 6.20 Å². The first-order valence-electron chi connectivity index (χ1n) is 3.98. The minimum absolute atomic E-state index is 0.405. The Bertz CT molecular complexity index is 266. The summed E-state index contributed by atoms with van der Waals surface area (Å²) in [6.07, 6.45) is 1.97. The molecule has 0 aliphatic heterocycles. The van der Waals surface area contributed by atoms with Gasteiger partial charge < -0.3 is 5.73 Å². The highest BCUT2D eigenvalue weighted by atomic mass is 19.3. The van der Waals surface area contributed by atoms with E-state index in [1.807, 2.05) is 0 Å². The van der Waals surface area contributed by atoms with Crippen LogP contribution in [0.4, 0.5) is 8.78 Å². The average molecular weight is 190 g/mol. The predicted molar refractivity (Wildman–Crippen MR) is 43.4 cm³/mol. The first-order chi connectivity index (χ1) is 6.03. The molecule has 0 saturated heterocycles. The maximum Gasteiger partial charge on any atom is 0.264 e. The number of aromatic nitrogens is 3. The fourth-order valence-electron chi connectivity index (χ4n) is 1.02. The van der Waals surface area contributed by atoms with Crippen LogP contribution in [-0.4, -0.2) is 27.5 Å². The molecule has 74 valence electrons. The SMILES string of the molecule is CC(F)(F)Cn1nncc1CCN. The third kappa shape index (κ3) is 3.06. The Balaban J connectivity index is 2.70. The molecule has 0 aromatic carbocycles. The summed E-state index contributed by atoms with van der Waals surface area (Å²) in [5.74, 6) is -2.77. The van der Waals surface area contributed by atoms with Crippen molar-refractivity contribution in [1.82, 2.24) is 15.0 Å². The van der Waals surface area contributed by atoms with Crippen LogP contribution >= 0.6 is 0 Å². The Labute approximate surface area is 74.7 Å². The monoisotopic (exact) mass is 190 g/mol. The van der Waals surface area contributed by atoms with E-state index in [0.29, 0.717) is 18.7 Å². The van der Waals surface area contributed by atoms with Crippen LogP contribution in [0.2, 0.25) is 0 Å². The van der Waals surface area contributed by atoms with E-state index in [-0.39, 0.29) is 0 Å². The fourth-order valence-corrected chi connectivity index (χ4v) is 1.02. The Morgan fingerprint density at radius 3 is 2.85 bits per heavy atom. The molecule has 1 aromatic heterocycles. The molecule has 0 aliphatic rings. The molecule has 1 heterocycles. The van der Waals surface area contributed by atoms with Crippen molar-refractivity contribution in [3.05, 3.63) is 11.9 Å². The second kappa shape index (κ2) is 3.78. The van der Waals surface area contributed by atoms with Gasteiger partial charge in [-0.15, -0.1) is 5.10 Å². The number of nitrogens with two attached hydrogens (primary N) is 1. The van der Waals surface area contributed by atoms with Crippen molar-refractivity contribution in [1.29, 1.82) is 0 Å². The molecule has 0 bridgehead atoms. The van der Waals surface area contributed by atoms with Gasteiger partial charge in [0.25, 0.3) is 5.92 Å². The van der Waals surface area contributed by atoms with Crippen molar-refractivity contribution in [2.24, 2.45) is 5.73 Å². The largest absolute Gasteiger partial charge is 0.330 e. The van der Waals surface area contributed by atoms with Crippen LogP contribution in [0.5, 0.6) is 0 Å². The smallest absolute Gasteiger partial charge is 0.264 e. The predicted octanol–water partition coefficient (Wildman–Crippen LogP) is 0.435. The highest BCUT2D eigenvalue weighted by molar-refractivity contribution is 4.95. The number of hydrogen-bond donors (Lipinski definition) is 1. The Morgan fingerprint density at radius 1 is 1.62 bits per heavy atom. The highest BCUT2D eigenvalue weighted by Gasteiger charge is 2.23. The lowest BCUT2D eigenvalue weighted by atomic mass is 10.3. The summed E-state index contributed by atoms with van der Waals surface area (Å²) in [5, 5.41) is 7.10. The number of rotatable bonds is 4. The molecule has 6 heteroatoms. The summed E-state index contributed by atoms with van der Waals surface area (Å²) in [6.45, 7) is 0.811. The van der Waals surface area contributed by atoms with Crippen LogP contribution in [-0.2, 0) is 13.0 Å². The second-order valence-electron chi connectivity index (χ2n) is 2.99. The molecule has 2 N–H and O–H groups in total. The molecule has 0 unspecified atom stereocenters. The van der Waals surface area contributed by atoms with E-state index in [1.165, 1.54) is 10.9 Å². The van der Waals surface area contributed by atoms with Crippen LogP contribution in [0, 0.1) is 0 Å². The maximum absolute atomic E-state index is 12.6. The summed E-state index contributed by atoms with van der Waals surface area (Å²) in [4.78, 5) is 0. The molecule has 0 radical (unpaired) electrons.